The summed E-state index contributed by atoms with van der Waals surface area (Å²) in [7, 11) is 1.35. The molecule has 3 N–H and O–H groups in total. The quantitative estimate of drug-likeness (QED) is 0.603. The van der Waals surface area contributed by atoms with Gasteiger partial charge >= 0.3 is 12.1 Å². The molecule has 0 rings (SSSR count). The van der Waals surface area contributed by atoms with Crippen molar-refractivity contribution in [3.8, 4) is 0 Å². The number of hydrogen-bond donors (Lipinski definition) is 3. The van der Waals surface area contributed by atoms with Crippen molar-refractivity contribution < 1.29 is 19.8 Å². The number of nitrogens with one attached hydrogen (secondary N) is 1. The monoisotopic (exact) mass is 177 g/mol. The minimum Gasteiger partial charge on any atom is -0.481 e. The Morgan fingerprint density at radius 1 is 1.33 bits per heavy atom. The second kappa shape index (κ2) is 9.74. The lowest BCUT2D eigenvalue weighted by Gasteiger charge is -1.85. The van der Waals surface area contributed by atoms with Crippen molar-refractivity contribution in [1.29, 1.82) is 0 Å². The molecule has 0 bridgehead atoms. The van der Waals surface area contributed by atoms with Gasteiger partial charge < -0.3 is 15.5 Å². The SMILES string of the molecule is CCCCC(=O)O.CNC(=O)O. The lowest BCUT2D eigenvalue weighted by molar-refractivity contribution is -0.137. The molecule has 0 heterocycles. The molecule has 5 heteroatoms. The number of carbonyl (C=O) groups is 2. The topological polar surface area (TPSA) is 86.6 Å². The van der Waals surface area contributed by atoms with Crippen LogP contribution in [0.2, 0.25) is 0 Å². The number of unbranched alkanes of at least 4 members (excludes halogenated alkanes) is 1. The second-order valence-electron chi connectivity index (χ2n) is 2.05. The Kier molecular flexibility index (Phi) is 10.8. The van der Waals surface area contributed by atoms with Gasteiger partial charge in [0.25, 0.3) is 0 Å². The summed E-state index contributed by atoms with van der Waals surface area (Å²) in [4.78, 5) is 19.0. The molecule has 0 aliphatic carbocycles. The Morgan fingerprint density at radius 2 is 1.75 bits per heavy atom. The number of amides is 1. The Balaban J connectivity index is 0. The van der Waals surface area contributed by atoms with Gasteiger partial charge in [-0.3, -0.25) is 4.79 Å². The van der Waals surface area contributed by atoms with E-state index in [-0.39, 0.29) is 0 Å². The van der Waals surface area contributed by atoms with Crippen LogP contribution in [0.25, 0.3) is 0 Å². The number of aliphatic carboxylic acids is 1. The Hall–Kier alpha value is -1.26. The predicted octanol–water partition coefficient (Wildman–Crippen LogP) is 1.15. The molecule has 72 valence electrons. The van der Waals surface area contributed by atoms with Gasteiger partial charge in [-0.25, -0.2) is 4.79 Å². The van der Waals surface area contributed by atoms with Gasteiger partial charge in [-0.2, -0.15) is 0 Å². The molecule has 0 aliphatic rings. The molecule has 0 radical (unpaired) electrons. The van der Waals surface area contributed by atoms with Crippen LogP contribution in [-0.2, 0) is 4.79 Å². The van der Waals surface area contributed by atoms with E-state index in [1.807, 2.05) is 12.2 Å². The largest absolute Gasteiger partial charge is 0.481 e. The van der Waals surface area contributed by atoms with Crippen LogP contribution >= 0.6 is 0 Å². The first-order valence-electron chi connectivity index (χ1n) is 3.67. The van der Waals surface area contributed by atoms with Crippen molar-refractivity contribution in [2.75, 3.05) is 7.05 Å². The van der Waals surface area contributed by atoms with Crippen molar-refractivity contribution in [2.45, 2.75) is 26.2 Å². The van der Waals surface area contributed by atoms with Crippen molar-refractivity contribution >= 4 is 12.1 Å². The van der Waals surface area contributed by atoms with Crippen molar-refractivity contribution in [2.24, 2.45) is 0 Å². The van der Waals surface area contributed by atoms with Crippen LogP contribution in [0.15, 0.2) is 0 Å². The minimum absolute atomic E-state index is 0.316. The van der Waals surface area contributed by atoms with E-state index >= 15 is 0 Å². The lowest BCUT2D eigenvalue weighted by atomic mass is 10.3. The molecule has 0 aromatic heterocycles. The first kappa shape index (κ1) is 13.3. The molecular weight excluding hydrogens is 162 g/mol. The smallest absolute Gasteiger partial charge is 0.404 e. The average molecular weight is 177 g/mol. The van der Waals surface area contributed by atoms with E-state index in [9.17, 15) is 9.59 Å². The molecule has 12 heavy (non-hydrogen) atoms. The summed E-state index contributed by atoms with van der Waals surface area (Å²) in [5, 5.41) is 17.6. The summed E-state index contributed by atoms with van der Waals surface area (Å²) in [5.74, 6) is -0.693. The fraction of sp³-hybridized carbons (Fsp3) is 0.714. The third-order valence-corrected chi connectivity index (χ3v) is 0.958. The Labute approximate surface area is 71.4 Å². The highest BCUT2D eigenvalue weighted by Crippen LogP contribution is 1.91. The molecule has 5 nitrogen and oxygen atoms in total. The molecule has 0 saturated heterocycles. The zero-order valence-corrected chi connectivity index (χ0v) is 7.33. The first-order chi connectivity index (χ1) is 5.54. The van der Waals surface area contributed by atoms with Crippen molar-refractivity contribution in [3.05, 3.63) is 0 Å². The third kappa shape index (κ3) is 23.3. The first-order valence-corrected chi connectivity index (χ1v) is 3.67. The standard InChI is InChI=1S/C5H10O2.C2H5NO2/c1-2-3-4-5(6)7;1-3-2(4)5/h2-4H2,1H3,(H,6,7);3H,1H3,(H,4,5). The van der Waals surface area contributed by atoms with Crippen LogP contribution in [0, 0.1) is 0 Å². The molecule has 0 fully saturated rings. The number of rotatable bonds is 3. The third-order valence-electron chi connectivity index (χ3n) is 0.958. The highest BCUT2D eigenvalue weighted by Gasteiger charge is 1.90. The lowest BCUT2D eigenvalue weighted by Crippen LogP contribution is -2.13. The summed E-state index contributed by atoms with van der Waals surface area (Å²) in [6, 6.07) is 0. The van der Waals surface area contributed by atoms with E-state index in [1.165, 1.54) is 7.05 Å². The number of hydrogen-bond acceptors (Lipinski definition) is 2. The number of carboxylic acids is 1. The zero-order valence-electron chi connectivity index (χ0n) is 7.33. The van der Waals surface area contributed by atoms with Crippen LogP contribution in [0.5, 0.6) is 0 Å². The van der Waals surface area contributed by atoms with Gasteiger partial charge in [0, 0.05) is 13.5 Å². The molecule has 0 aliphatic heterocycles. The Bertz CT molecular complexity index is 135. The Morgan fingerprint density at radius 3 is 1.83 bits per heavy atom. The summed E-state index contributed by atoms with van der Waals surface area (Å²) >= 11 is 0. The van der Waals surface area contributed by atoms with E-state index in [2.05, 4.69) is 0 Å². The minimum atomic E-state index is -0.995. The second-order valence-corrected chi connectivity index (χ2v) is 2.05. The van der Waals surface area contributed by atoms with E-state index in [0.29, 0.717) is 6.42 Å². The molecule has 0 aromatic rings. The summed E-state index contributed by atoms with van der Waals surface area (Å²) in [6.45, 7) is 1.98. The molecule has 0 spiro atoms. The van der Waals surface area contributed by atoms with Gasteiger partial charge in [-0.05, 0) is 6.42 Å². The fourth-order valence-corrected chi connectivity index (χ4v) is 0.328. The van der Waals surface area contributed by atoms with Crippen LogP contribution < -0.4 is 5.32 Å². The summed E-state index contributed by atoms with van der Waals surface area (Å²) in [6.07, 6.45) is 1.09. The van der Waals surface area contributed by atoms with E-state index in [1.54, 1.807) is 0 Å². The van der Waals surface area contributed by atoms with Gasteiger partial charge in [-0.1, -0.05) is 13.3 Å². The van der Waals surface area contributed by atoms with Crippen LogP contribution in [0.3, 0.4) is 0 Å². The van der Waals surface area contributed by atoms with Gasteiger partial charge in [0.15, 0.2) is 0 Å². The number of carboxylic acid groups (broad SMARTS) is 2. The average Bonchev–Trinajstić information content (AvgIpc) is 2.02. The van der Waals surface area contributed by atoms with E-state index < -0.39 is 12.1 Å². The zero-order chi connectivity index (χ0) is 9.98. The molecule has 0 aromatic carbocycles. The molecule has 0 unspecified atom stereocenters. The maximum absolute atomic E-state index is 9.76. The highest BCUT2D eigenvalue weighted by molar-refractivity contribution is 5.66. The maximum Gasteiger partial charge on any atom is 0.404 e. The summed E-state index contributed by atoms with van der Waals surface area (Å²) in [5.41, 5.74) is 0. The van der Waals surface area contributed by atoms with Gasteiger partial charge in [0.05, 0.1) is 0 Å². The summed E-state index contributed by atoms with van der Waals surface area (Å²) < 4.78 is 0. The predicted molar refractivity (Wildman–Crippen MR) is 44.2 cm³/mol. The van der Waals surface area contributed by atoms with Gasteiger partial charge in [0.2, 0.25) is 0 Å². The molecule has 0 saturated carbocycles. The van der Waals surface area contributed by atoms with Crippen LogP contribution in [0.1, 0.15) is 26.2 Å². The normalized spacial score (nSPS) is 7.83. The van der Waals surface area contributed by atoms with Crippen LogP contribution in [0.4, 0.5) is 4.79 Å². The maximum atomic E-state index is 9.76. The fourth-order valence-electron chi connectivity index (χ4n) is 0.328. The van der Waals surface area contributed by atoms with Crippen molar-refractivity contribution in [1.82, 2.24) is 5.32 Å². The molecule has 1 amide bonds. The van der Waals surface area contributed by atoms with Crippen molar-refractivity contribution in [3.63, 3.8) is 0 Å². The van der Waals surface area contributed by atoms with Gasteiger partial charge in [-0.15, -0.1) is 0 Å². The molecule has 0 atom stereocenters. The highest BCUT2D eigenvalue weighted by atomic mass is 16.4. The van der Waals surface area contributed by atoms with Crippen LogP contribution in [-0.4, -0.2) is 29.3 Å². The molecular formula is C7H15NO4. The van der Waals surface area contributed by atoms with E-state index in [4.69, 9.17) is 10.2 Å². The van der Waals surface area contributed by atoms with Gasteiger partial charge in [0.1, 0.15) is 0 Å². The van der Waals surface area contributed by atoms with E-state index in [0.717, 1.165) is 12.8 Å².